The number of carbonyl (C=O) groups excluding carboxylic acids is 1. The lowest BCUT2D eigenvalue weighted by Crippen LogP contribution is -2.42. The van der Waals surface area contributed by atoms with Crippen LogP contribution < -0.4 is 16.3 Å². The van der Waals surface area contributed by atoms with Gasteiger partial charge in [-0.1, -0.05) is 42.5 Å². The fourth-order valence-corrected chi connectivity index (χ4v) is 3.93. The highest BCUT2D eigenvalue weighted by molar-refractivity contribution is 6.10. The SMILES string of the molecule is CONC=CNC(=O)c1ccc(C2=CC(c3cccc(C(F)(F)F)c3)(C(F)(F)F)ON2)c2ccccc12. The van der Waals surface area contributed by atoms with E-state index in [1.54, 1.807) is 24.3 Å². The minimum Gasteiger partial charge on any atom is -0.327 e. The van der Waals surface area contributed by atoms with Crippen molar-refractivity contribution in [1.82, 2.24) is 16.3 Å². The normalized spacial score (nSPS) is 18.1. The predicted molar refractivity (Wildman–Crippen MR) is 122 cm³/mol. The maximum atomic E-state index is 14.3. The van der Waals surface area contributed by atoms with Crippen molar-refractivity contribution in [3.63, 3.8) is 0 Å². The molecule has 3 aromatic rings. The molecule has 0 fully saturated rings. The molecule has 3 aromatic carbocycles. The van der Waals surface area contributed by atoms with Crippen molar-refractivity contribution in [1.29, 1.82) is 0 Å². The maximum Gasteiger partial charge on any atom is 0.428 e. The first-order valence-corrected chi connectivity index (χ1v) is 10.7. The third-order valence-corrected chi connectivity index (χ3v) is 5.65. The molecule has 12 heteroatoms. The van der Waals surface area contributed by atoms with Crippen molar-refractivity contribution in [3.05, 3.63) is 101 Å². The van der Waals surface area contributed by atoms with Crippen molar-refractivity contribution in [2.75, 3.05) is 7.11 Å². The molecule has 1 atom stereocenters. The van der Waals surface area contributed by atoms with Gasteiger partial charge in [-0.3, -0.25) is 25.4 Å². The van der Waals surface area contributed by atoms with Crippen LogP contribution in [-0.4, -0.2) is 19.2 Å². The zero-order chi connectivity index (χ0) is 26.8. The summed E-state index contributed by atoms with van der Waals surface area (Å²) in [5, 5.41) is 3.37. The van der Waals surface area contributed by atoms with Crippen LogP contribution in [0.15, 0.2) is 79.1 Å². The highest BCUT2D eigenvalue weighted by Crippen LogP contribution is 2.48. The second kappa shape index (κ2) is 9.79. The molecule has 1 aliphatic rings. The molecule has 0 spiro atoms. The van der Waals surface area contributed by atoms with Gasteiger partial charge in [0.25, 0.3) is 5.91 Å². The molecule has 1 heterocycles. The summed E-state index contributed by atoms with van der Waals surface area (Å²) in [6, 6.07) is 12.2. The molecule has 4 rings (SSSR count). The first kappa shape index (κ1) is 26.0. The fraction of sp³-hybridized carbons (Fsp3) is 0.160. The van der Waals surface area contributed by atoms with Gasteiger partial charge in [0, 0.05) is 29.1 Å². The van der Waals surface area contributed by atoms with Crippen LogP contribution in [0.4, 0.5) is 26.3 Å². The third-order valence-electron chi connectivity index (χ3n) is 5.65. The van der Waals surface area contributed by atoms with Gasteiger partial charge in [-0.2, -0.15) is 26.3 Å². The van der Waals surface area contributed by atoms with Crippen molar-refractivity contribution in [3.8, 4) is 0 Å². The van der Waals surface area contributed by atoms with Crippen molar-refractivity contribution < 1.29 is 40.8 Å². The van der Waals surface area contributed by atoms with Crippen LogP contribution in [-0.2, 0) is 21.5 Å². The average molecular weight is 523 g/mol. The van der Waals surface area contributed by atoms with E-state index in [1.807, 2.05) is 0 Å². The molecule has 1 unspecified atom stereocenters. The Hall–Kier alpha value is -4.03. The molecule has 0 saturated heterocycles. The van der Waals surface area contributed by atoms with Crippen molar-refractivity contribution >= 4 is 22.4 Å². The summed E-state index contributed by atoms with van der Waals surface area (Å²) in [7, 11) is 1.38. The number of hydrogen-bond acceptors (Lipinski definition) is 5. The van der Waals surface area contributed by atoms with Crippen molar-refractivity contribution in [2.24, 2.45) is 0 Å². The number of rotatable bonds is 6. The number of benzene rings is 3. The van der Waals surface area contributed by atoms with Gasteiger partial charge in [0.2, 0.25) is 5.60 Å². The number of fused-ring (bicyclic) bond motifs is 1. The Balaban J connectivity index is 1.80. The van der Waals surface area contributed by atoms with Crippen LogP contribution in [0.1, 0.15) is 27.0 Å². The first-order chi connectivity index (χ1) is 17.5. The summed E-state index contributed by atoms with van der Waals surface area (Å²) in [4.78, 5) is 22.3. The quantitative estimate of drug-likeness (QED) is 0.292. The first-order valence-electron chi connectivity index (χ1n) is 10.7. The number of hydrogen-bond donors (Lipinski definition) is 3. The van der Waals surface area contributed by atoms with Gasteiger partial charge in [-0.05, 0) is 35.0 Å². The highest BCUT2D eigenvalue weighted by Gasteiger charge is 2.60. The van der Waals surface area contributed by atoms with E-state index in [1.165, 1.54) is 31.6 Å². The maximum absolute atomic E-state index is 14.3. The molecular weight excluding hydrogens is 504 g/mol. The van der Waals surface area contributed by atoms with E-state index in [-0.39, 0.29) is 16.8 Å². The summed E-state index contributed by atoms with van der Waals surface area (Å²) in [5.41, 5.74) is -0.151. The van der Waals surface area contributed by atoms with E-state index in [0.29, 0.717) is 29.0 Å². The van der Waals surface area contributed by atoms with Gasteiger partial charge in [0.05, 0.1) is 18.4 Å². The van der Waals surface area contributed by atoms with Gasteiger partial charge in [0.1, 0.15) is 0 Å². The third kappa shape index (κ3) is 4.98. The molecule has 194 valence electrons. The van der Waals surface area contributed by atoms with E-state index >= 15 is 0 Å². The summed E-state index contributed by atoms with van der Waals surface area (Å²) in [6.45, 7) is 0. The standard InChI is InChI=1S/C25H19F6N3O3/c1-36-33-12-11-32-22(35)20-10-9-19(17-7-2-3-8-18(17)20)21-14-23(37-34-21,25(29,30)31)15-5-4-6-16(13-15)24(26,27)28/h2-14,33-34H,1H3,(H,32,35). The van der Waals surface area contributed by atoms with Gasteiger partial charge in [-0.15, -0.1) is 0 Å². The molecule has 1 amide bonds. The summed E-state index contributed by atoms with van der Waals surface area (Å²) in [5.74, 6) is -0.491. The molecule has 0 saturated carbocycles. The Labute approximate surface area is 206 Å². The number of carbonyl (C=O) groups is 1. The van der Waals surface area contributed by atoms with E-state index in [9.17, 15) is 31.1 Å². The molecule has 6 nitrogen and oxygen atoms in total. The average Bonchev–Trinajstić information content (AvgIpc) is 3.32. The predicted octanol–water partition coefficient (Wildman–Crippen LogP) is 5.54. The van der Waals surface area contributed by atoms with Gasteiger partial charge in [0.15, 0.2) is 0 Å². The van der Waals surface area contributed by atoms with Gasteiger partial charge >= 0.3 is 12.4 Å². The second-order valence-corrected chi connectivity index (χ2v) is 7.91. The lowest BCUT2D eigenvalue weighted by molar-refractivity contribution is -0.269. The van der Waals surface area contributed by atoms with E-state index in [4.69, 9.17) is 4.84 Å². The van der Waals surface area contributed by atoms with Crippen LogP contribution in [0.2, 0.25) is 0 Å². The largest absolute Gasteiger partial charge is 0.428 e. The number of amides is 1. The molecule has 0 radical (unpaired) electrons. The minimum atomic E-state index is -5.11. The Kier molecular flexibility index (Phi) is 6.89. The number of alkyl halides is 6. The van der Waals surface area contributed by atoms with E-state index < -0.39 is 35.0 Å². The Morgan fingerprint density at radius 3 is 2.38 bits per heavy atom. The second-order valence-electron chi connectivity index (χ2n) is 7.91. The number of halogens is 6. The monoisotopic (exact) mass is 523 g/mol. The molecule has 3 N–H and O–H groups in total. The zero-order valence-corrected chi connectivity index (χ0v) is 19.0. The Bertz CT molecular complexity index is 1380. The van der Waals surface area contributed by atoms with Crippen LogP contribution in [0.5, 0.6) is 0 Å². The van der Waals surface area contributed by atoms with Crippen LogP contribution in [0.25, 0.3) is 16.5 Å². The summed E-state index contributed by atoms with van der Waals surface area (Å²) in [6.07, 6.45) is -6.62. The fourth-order valence-electron chi connectivity index (χ4n) is 3.93. The molecule has 0 aliphatic carbocycles. The lowest BCUT2D eigenvalue weighted by Gasteiger charge is -2.29. The zero-order valence-electron chi connectivity index (χ0n) is 19.0. The Morgan fingerprint density at radius 2 is 1.70 bits per heavy atom. The molecule has 0 aromatic heterocycles. The highest BCUT2D eigenvalue weighted by atomic mass is 19.4. The van der Waals surface area contributed by atoms with E-state index in [2.05, 4.69) is 21.1 Å². The topological polar surface area (TPSA) is 71.6 Å². The molecule has 1 aliphatic heterocycles. The minimum absolute atomic E-state index is 0.123. The summed E-state index contributed by atoms with van der Waals surface area (Å²) < 4.78 is 82.6. The molecular formula is C25H19F6N3O3. The lowest BCUT2D eigenvalue weighted by atomic mass is 9.89. The van der Waals surface area contributed by atoms with Crippen LogP contribution in [0, 0.1) is 0 Å². The van der Waals surface area contributed by atoms with Gasteiger partial charge in [-0.25, -0.2) is 0 Å². The van der Waals surface area contributed by atoms with Crippen LogP contribution in [0.3, 0.4) is 0 Å². The van der Waals surface area contributed by atoms with Crippen molar-refractivity contribution in [2.45, 2.75) is 18.0 Å². The van der Waals surface area contributed by atoms with E-state index in [0.717, 1.165) is 12.1 Å². The Morgan fingerprint density at radius 1 is 0.973 bits per heavy atom. The smallest absolute Gasteiger partial charge is 0.327 e. The molecule has 37 heavy (non-hydrogen) atoms. The van der Waals surface area contributed by atoms with Gasteiger partial charge < -0.3 is 5.32 Å². The summed E-state index contributed by atoms with van der Waals surface area (Å²) >= 11 is 0. The molecule has 0 bridgehead atoms. The number of hydroxylamine groups is 2. The number of nitrogens with one attached hydrogen (secondary N) is 3. The van der Waals surface area contributed by atoms with Crippen LogP contribution >= 0.6 is 0 Å².